The van der Waals surface area contributed by atoms with E-state index in [9.17, 15) is 18.8 Å². The monoisotopic (exact) mass is 521 g/mol. The predicted molar refractivity (Wildman–Crippen MR) is 141 cm³/mol. The Morgan fingerprint density at radius 3 is 2.63 bits per heavy atom. The van der Waals surface area contributed by atoms with Crippen molar-refractivity contribution in [2.24, 2.45) is 13.0 Å². The Labute approximate surface area is 220 Å². The van der Waals surface area contributed by atoms with E-state index in [1.54, 1.807) is 63.1 Å². The number of hydrogen-bond donors (Lipinski definition) is 2. The lowest BCUT2D eigenvalue weighted by Gasteiger charge is -2.46. The first-order valence-electron chi connectivity index (χ1n) is 12.4. The first kappa shape index (κ1) is 26.8. The lowest BCUT2D eigenvalue weighted by Crippen LogP contribution is -2.70. The maximum Gasteiger partial charge on any atom is 0.325 e. The molecular formula is C27H32FN7O3. The number of pyridine rings is 1. The lowest BCUT2D eigenvalue weighted by molar-refractivity contribution is -0.156. The molecule has 1 aliphatic heterocycles. The minimum absolute atomic E-state index is 0.216. The summed E-state index contributed by atoms with van der Waals surface area (Å²) in [5.74, 6) is -1.74. The van der Waals surface area contributed by atoms with Gasteiger partial charge in [0.2, 0.25) is 5.91 Å². The van der Waals surface area contributed by atoms with Crippen LogP contribution >= 0.6 is 0 Å². The summed E-state index contributed by atoms with van der Waals surface area (Å²) in [5, 5.41) is 6.95. The van der Waals surface area contributed by atoms with Gasteiger partial charge in [-0.2, -0.15) is 5.10 Å². The third kappa shape index (κ3) is 5.09. The summed E-state index contributed by atoms with van der Waals surface area (Å²) in [7, 11) is 3.31. The molecule has 3 aromatic rings. The fourth-order valence-corrected chi connectivity index (χ4v) is 4.92. The smallest absolute Gasteiger partial charge is 0.325 e. The van der Waals surface area contributed by atoms with Crippen LogP contribution in [-0.4, -0.2) is 50.6 Å². The molecule has 0 bridgehead atoms. The van der Waals surface area contributed by atoms with Gasteiger partial charge in [-0.25, -0.2) is 14.2 Å². The van der Waals surface area contributed by atoms with Crippen LogP contribution in [0.1, 0.15) is 41.8 Å². The van der Waals surface area contributed by atoms with Crippen LogP contribution < -0.4 is 16.0 Å². The van der Waals surface area contributed by atoms with Crippen LogP contribution in [0.15, 0.2) is 42.7 Å². The number of amides is 4. The van der Waals surface area contributed by atoms with Gasteiger partial charge in [-0.1, -0.05) is 19.1 Å². The van der Waals surface area contributed by atoms with Gasteiger partial charge >= 0.3 is 6.03 Å². The van der Waals surface area contributed by atoms with Crippen molar-refractivity contribution in [2.45, 2.75) is 45.7 Å². The van der Waals surface area contributed by atoms with Crippen LogP contribution in [0.4, 0.5) is 20.7 Å². The molecule has 4 amide bonds. The van der Waals surface area contributed by atoms with E-state index in [0.29, 0.717) is 34.7 Å². The molecule has 11 heteroatoms. The van der Waals surface area contributed by atoms with E-state index in [4.69, 9.17) is 5.73 Å². The normalized spacial score (nSPS) is 17.6. The third-order valence-corrected chi connectivity index (χ3v) is 6.97. The average molecular weight is 522 g/mol. The van der Waals surface area contributed by atoms with Crippen molar-refractivity contribution in [3.8, 4) is 0 Å². The van der Waals surface area contributed by atoms with Crippen LogP contribution in [0.5, 0.6) is 0 Å². The van der Waals surface area contributed by atoms with Crippen molar-refractivity contribution < 1.29 is 18.8 Å². The lowest BCUT2D eigenvalue weighted by atomic mass is 9.81. The Balaban J connectivity index is 1.63. The number of rotatable bonds is 7. The maximum atomic E-state index is 14.2. The molecule has 0 spiro atoms. The van der Waals surface area contributed by atoms with Crippen LogP contribution in [0.2, 0.25) is 0 Å². The number of anilines is 2. The number of benzene rings is 1. The Bertz CT molecular complexity index is 1370. The zero-order chi connectivity index (χ0) is 27.7. The summed E-state index contributed by atoms with van der Waals surface area (Å²) in [6.45, 7) is 5.28. The molecule has 1 aromatic carbocycles. The summed E-state index contributed by atoms with van der Waals surface area (Å²) in [5.41, 5.74) is 8.89. The Hall–Kier alpha value is -4.28. The third-order valence-electron chi connectivity index (χ3n) is 6.97. The quantitative estimate of drug-likeness (QED) is 0.460. The zero-order valence-corrected chi connectivity index (χ0v) is 22.1. The highest BCUT2D eigenvalue weighted by Gasteiger charge is 2.55. The molecule has 2 aromatic heterocycles. The first-order chi connectivity index (χ1) is 18.0. The number of nitrogens with one attached hydrogen (secondary N) is 1. The highest BCUT2D eigenvalue weighted by Crippen LogP contribution is 2.34. The summed E-state index contributed by atoms with van der Waals surface area (Å²) in [6.07, 6.45) is 3.88. The molecule has 0 aliphatic carbocycles. The van der Waals surface area contributed by atoms with E-state index < -0.39 is 35.8 Å². The second-order valence-corrected chi connectivity index (χ2v) is 9.64. The molecule has 0 saturated carbocycles. The molecule has 0 radical (unpaired) electrons. The number of hydrogen-bond acceptors (Lipinski definition) is 6. The van der Waals surface area contributed by atoms with E-state index in [1.165, 1.54) is 17.2 Å². The van der Waals surface area contributed by atoms with E-state index >= 15 is 0 Å². The number of imide groups is 1. The Kier molecular flexibility index (Phi) is 7.47. The Morgan fingerprint density at radius 2 is 2.00 bits per heavy atom. The summed E-state index contributed by atoms with van der Waals surface area (Å²) >= 11 is 0. The van der Waals surface area contributed by atoms with Crippen LogP contribution in [0, 0.1) is 25.6 Å². The number of urea groups is 1. The second kappa shape index (κ2) is 10.6. The number of aromatic nitrogens is 3. The van der Waals surface area contributed by atoms with Crippen molar-refractivity contribution >= 4 is 29.4 Å². The topological polar surface area (TPSA) is 126 Å². The number of nitrogens with two attached hydrogens (primary N) is 1. The minimum atomic E-state index is -1.05. The molecule has 3 atom stereocenters. The van der Waals surface area contributed by atoms with Gasteiger partial charge in [-0.3, -0.25) is 19.2 Å². The molecule has 1 saturated heterocycles. The highest BCUT2D eigenvalue weighted by molar-refractivity contribution is 6.12. The predicted octanol–water partition coefficient (Wildman–Crippen LogP) is 3.05. The fourth-order valence-electron chi connectivity index (χ4n) is 4.92. The number of likely N-dealkylation sites (N-methyl/N-ethyl adjacent to an activating group) is 1. The number of β-lactam (4-membered cyclic amide) rings is 1. The number of carbonyl (C=O) groups excluding carboxylic acids is 3. The largest absolute Gasteiger partial charge is 0.384 e. The minimum Gasteiger partial charge on any atom is -0.384 e. The van der Waals surface area contributed by atoms with E-state index in [-0.39, 0.29) is 12.2 Å². The van der Waals surface area contributed by atoms with Gasteiger partial charge in [0.25, 0.3) is 5.91 Å². The number of halogens is 1. The van der Waals surface area contributed by atoms with Crippen LogP contribution in [0.3, 0.4) is 0 Å². The van der Waals surface area contributed by atoms with E-state index in [2.05, 4.69) is 15.4 Å². The molecule has 200 valence electrons. The van der Waals surface area contributed by atoms with Crippen molar-refractivity contribution in [1.82, 2.24) is 25.0 Å². The maximum absolute atomic E-state index is 14.2. The molecule has 4 rings (SSSR count). The second-order valence-electron chi connectivity index (χ2n) is 9.64. The highest BCUT2D eigenvalue weighted by atomic mass is 19.1. The van der Waals surface area contributed by atoms with Gasteiger partial charge < -0.3 is 16.0 Å². The van der Waals surface area contributed by atoms with Crippen molar-refractivity contribution in [1.29, 1.82) is 0 Å². The molecule has 3 heterocycles. The van der Waals surface area contributed by atoms with Crippen LogP contribution in [-0.2, 0) is 23.1 Å². The zero-order valence-electron chi connectivity index (χ0n) is 22.1. The Morgan fingerprint density at radius 1 is 1.26 bits per heavy atom. The molecule has 3 N–H and O–H groups in total. The summed E-state index contributed by atoms with van der Waals surface area (Å²) in [6, 6.07) is 5.84. The van der Waals surface area contributed by atoms with Gasteiger partial charge in [-0.15, -0.1) is 0 Å². The molecule has 1 aliphatic rings. The molecule has 1 fully saturated rings. The standard InChI is InChI=1S/C27H32FN7O3/c1-6-22(19-8-7-9-21(28)16(19)3)32-27(38)35-24(26(37)34(5)18-13-30-33(4)14-18)20(25(35)36)11-17-10-15(2)31-23(29)12-17/h7-10,12-14,20,22,24H,6,11H2,1-5H3,(H2,29,31)(H,32,38)/t20-,22-,24+/m1/s1. The van der Waals surface area contributed by atoms with E-state index in [1.807, 2.05) is 6.92 Å². The number of aryl methyl sites for hydroxylation is 2. The number of nitrogen functional groups attached to an aromatic ring is 1. The SMILES string of the molecule is CC[C@@H](NC(=O)N1C(=O)[C@H](Cc2cc(C)nc(N)c2)[C@H]1C(=O)N(C)c1cnn(C)c1)c1cccc(F)c1C. The average Bonchev–Trinajstić information content (AvgIpc) is 3.30. The van der Waals surface area contributed by atoms with Gasteiger partial charge in [-0.05, 0) is 61.6 Å². The van der Waals surface area contributed by atoms with Gasteiger partial charge in [0, 0.05) is 26.0 Å². The van der Waals surface area contributed by atoms with E-state index in [0.717, 1.165) is 10.5 Å². The first-order valence-corrected chi connectivity index (χ1v) is 12.4. The van der Waals surface area contributed by atoms with Gasteiger partial charge in [0.1, 0.15) is 17.7 Å². The number of carbonyl (C=O) groups is 3. The molecule has 38 heavy (non-hydrogen) atoms. The van der Waals surface area contributed by atoms with Gasteiger partial charge in [0.05, 0.1) is 23.8 Å². The van der Waals surface area contributed by atoms with Crippen molar-refractivity contribution in [3.05, 3.63) is 70.9 Å². The molecule has 0 unspecified atom stereocenters. The molecule has 10 nitrogen and oxygen atoms in total. The fraction of sp³-hybridized carbons (Fsp3) is 0.370. The van der Waals surface area contributed by atoms with Crippen molar-refractivity contribution in [2.75, 3.05) is 17.7 Å². The summed E-state index contributed by atoms with van der Waals surface area (Å²) < 4.78 is 15.8. The molecular weight excluding hydrogens is 489 g/mol. The van der Waals surface area contributed by atoms with Crippen molar-refractivity contribution in [3.63, 3.8) is 0 Å². The van der Waals surface area contributed by atoms with Crippen LogP contribution in [0.25, 0.3) is 0 Å². The van der Waals surface area contributed by atoms with Gasteiger partial charge in [0.15, 0.2) is 0 Å². The number of likely N-dealkylation sites (tertiary alicyclic amines) is 1. The summed E-state index contributed by atoms with van der Waals surface area (Å²) in [4.78, 5) is 47.0. The number of nitrogens with zero attached hydrogens (tertiary/aromatic N) is 5.